The van der Waals surface area contributed by atoms with Crippen LogP contribution in [0.25, 0.3) is 22.4 Å². The number of aromatic nitrogens is 3. The van der Waals surface area contributed by atoms with Crippen LogP contribution in [0.4, 0.5) is 19.0 Å². The Balaban J connectivity index is 1.50. The molecule has 0 aliphatic heterocycles. The van der Waals surface area contributed by atoms with E-state index < -0.39 is 6.36 Å². The molecule has 168 valence electrons. The Labute approximate surface area is 189 Å². The predicted molar refractivity (Wildman–Crippen MR) is 121 cm³/mol. The van der Waals surface area contributed by atoms with Gasteiger partial charge in [-0.05, 0) is 42.7 Å². The molecule has 0 aliphatic carbocycles. The molecule has 33 heavy (non-hydrogen) atoms. The molecule has 1 N–H and O–H groups in total. The Morgan fingerprint density at radius 1 is 0.848 bits per heavy atom. The highest BCUT2D eigenvalue weighted by Gasteiger charge is 2.30. The molecular formula is C25H21F3N4O. The maximum Gasteiger partial charge on any atom is 0.573 e. The molecule has 0 aliphatic rings. The van der Waals surface area contributed by atoms with E-state index in [9.17, 15) is 13.2 Å². The fraction of sp³-hybridized carbons (Fsp3) is 0.160. The second-order valence-corrected chi connectivity index (χ2v) is 7.38. The highest BCUT2D eigenvalue weighted by atomic mass is 19.4. The van der Waals surface area contributed by atoms with Crippen molar-refractivity contribution < 1.29 is 17.9 Å². The highest BCUT2D eigenvalue weighted by Crippen LogP contribution is 2.28. The molecule has 4 rings (SSSR count). The molecule has 5 nitrogen and oxygen atoms in total. The van der Waals surface area contributed by atoms with Crippen molar-refractivity contribution in [3.8, 4) is 28.1 Å². The van der Waals surface area contributed by atoms with Gasteiger partial charge in [0, 0.05) is 36.1 Å². The molecule has 0 saturated carbocycles. The van der Waals surface area contributed by atoms with Crippen LogP contribution in [-0.2, 0) is 6.42 Å². The molecule has 2 aromatic carbocycles. The molecule has 2 aromatic heterocycles. The SMILES string of the molecule is Cc1nc(NCCc2ccccc2)cc(-c2cncc(-c3ccc(OC(F)(F)F)cc3)c2)n1. The molecule has 0 amide bonds. The van der Waals surface area contributed by atoms with Crippen LogP contribution in [0, 0.1) is 6.92 Å². The van der Waals surface area contributed by atoms with Gasteiger partial charge in [-0.3, -0.25) is 4.98 Å². The lowest BCUT2D eigenvalue weighted by Gasteiger charge is -2.11. The number of hydrogen-bond acceptors (Lipinski definition) is 5. The number of anilines is 1. The van der Waals surface area contributed by atoms with Crippen molar-refractivity contribution in [3.05, 3.63) is 90.5 Å². The summed E-state index contributed by atoms with van der Waals surface area (Å²) in [5, 5.41) is 3.34. The number of nitrogens with one attached hydrogen (secondary N) is 1. The normalized spacial score (nSPS) is 11.3. The number of ether oxygens (including phenoxy) is 1. The van der Waals surface area contributed by atoms with Crippen molar-refractivity contribution in [2.75, 3.05) is 11.9 Å². The summed E-state index contributed by atoms with van der Waals surface area (Å²) < 4.78 is 41.1. The summed E-state index contributed by atoms with van der Waals surface area (Å²) in [5.74, 6) is 1.06. The van der Waals surface area contributed by atoms with Gasteiger partial charge < -0.3 is 10.1 Å². The Bertz CT molecular complexity index is 1210. The smallest absolute Gasteiger partial charge is 0.406 e. The summed E-state index contributed by atoms with van der Waals surface area (Å²) in [5.41, 5.74) is 4.18. The minimum absolute atomic E-state index is 0.270. The average Bonchev–Trinajstić information content (AvgIpc) is 2.79. The molecule has 0 atom stereocenters. The number of alkyl halides is 3. The first kappa shape index (κ1) is 22.3. The van der Waals surface area contributed by atoms with Gasteiger partial charge in [0.1, 0.15) is 17.4 Å². The number of halogens is 3. The zero-order valence-corrected chi connectivity index (χ0v) is 17.8. The van der Waals surface area contributed by atoms with Crippen LogP contribution in [0.5, 0.6) is 5.75 Å². The molecule has 0 saturated heterocycles. The highest BCUT2D eigenvalue weighted by molar-refractivity contribution is 5.71. The van der Waals surface area contributed by atoms with E-state index in [1.54, 1.807) is 24.5 Å². The van der Waals surface area contributed by atoms with Gasteiger partial charge in [0.05, 0.1) is 5.69 Å². The maximum absolute atomic E-state index is 12.4. The van der Waals surface area contributed by atoms with Crippen LogP contribution in [0.15, 0.2) is 79.1 Å². The van der Waals surface area contributed by atoms with Gasteiger partial charge in [0.2, 0.25) is 0 Å². The number of rotatable bonds is 7. The lowest BCUT2D eigenvalue weighted by atomic mass is 10.0. The average molecular weight is 450 g/mol. The summed E-state index contributed by atoms with van der Waals surface area (Å²) in [7, 11) is 0. The first-order valence-corrected chi connectivity index (χ1v) is 10.3. The summed E-state index contributed by atoms with van der Waals surface area (Å²) >= 11 is 0. The van der Waals surface area contributed by atoms with Crippen LogP contribution in [0.2, 0.25) is 0 Å². The molecule has 2 heterocycles. The van der Waals surface area contributed by atoms with E-state index in [1.165, 1.54) is 17.7 Å². The topological polar surface area (TPSA) is 59.9 Å². The standard InChI is InChI=1S/C25H21F3N4O/c1-17-31-23(14-24(32-17)30-12-11-18-5-3-2-4-6-18)21-13-20(15-29-16-21)19-7-9-22(10-8-19)33-25(26,27)28/h2-10,13-16H,11-12H2,1H3,(H,30,31,32). The van der Waals surface area contributed by atoms with Crippen LogP contribution < -0.4 is 10.1 Å². The Hall–Kier alpha value is -3.94. The van der Waals surface area contributed by atoms with Crippen molar-refractivity contribution in [3.63, 3.8) is 0 Å². The fourth-order valence-electron chi connectivity index (χ4n) is 3.37. The van der Waals surface area contributed by atoms with Crippen LogP contribution in [0.1, 0.15) is 11.4 Å². The summed E-state index contributed by atoms with van der Waals surface area (Å²) in [6.45, 7) is 2.55. The second kappa shape index (κ2) is 9.68. The van der Waals surface area contributed by atoms with Gasteiger partial charge in [-0.15, -0.1) is 13.2 Å². The quantitative estimate of drug-likeness (QED) is 0.371. The van der Waals surface area contributed by atoms with Crippen molar-refractivity contribution in [1.82, 2.24) is 15.0 Å². The van der Waals surface area contributed by atoms with E-state index in [2.05, 4.69) is 37.1 Å². The molecule has 8 heteroatoms. The Kier molecular flexibility index (Phi) is 6.53. The molecule has 0 fully saturated rings. The second-order valence-electron chi connectivity index (χ2n) is 7.38. The van der Waals surface area contributed by atoms with Crippen LogP contribution in [0.3, 0.4) is 0 Å². The zero-order chi connectivity index (χ0) is 23.3. The minimum atomic E-state index is -4.72. The number of hydrogen-bond donors (Lipinski definition) is 1. The largest absolute Gasteiger partial charge is 0.573 e. The lowest BCUT2D eigenvalue weighted by molar-refractivity contribution is -0.274. The van der Waals surface area contributed by atoms with Gasteiger partial charge in [0.15, 0.2) is 0 Å². The zero-order valence-electron chi connectivity index (χ0n) is 17.8. The van der Waals surface area contributed by atoms with E-state index in [0.717, 1.165) is 24.1 Å². The third kappa shape index (κ3) is 6.29. The third-order valence-corrected chi connectivity index (χ3v) is 4.86. The first-order chi connectivity index (χ1) is 15.9. The lowest BCUT2D eigenvalue weighted by Crippen LogP contribution is -2.16. The monoisotopic (exact) mass is 450 g/mol. The van der Waals surface area contributed by atoms with Gasteiger partial charge >= 0.3 is 6.36 Å². The van der Waals surface area contributed by atoms with E-state index in [1.807, 2.05) is 37.3 Å². The Morgan fingerprint density at radius 2 is 1.58 bits per heavy atom. The molecular weight excluding hydrogens is 429 g/mol. The first-order valence-electron chi connectivity index (χ1n) is 10.3. The van der Waals surface area contributed by atoms with Gasteiger partial charge in [-0.2, -0.15) is 0 Å². The summed E-state index contributed by atoms with van der Waals surface area (Å²) in [4.78, 5) is 13.3. The number of aryl methyl sites for hydroxylation is 1. The van der Waals surface area contributed by atoms with Gasteiger partial charge in [-0.1, -0.05) is 42.5 Å². The van der Waals surface area contributed by atoms with E-state index in [0.29, 0.717) is 22.9 Å². The number of nitrogens with zero attached hydrogens (tertiary/aromatic N) is 3. The summed E-state index contributed by atoms with van der Waals surface area (Å²) in [6.07, 6.45) is -0.513. The van der Waals surface area contributed by atoms with Crippen molar-refractivity contribution in [2.45, 2.75) is 19.7 Å². The van der Waals surface area contributed by atoms with Crippen LogP contribution >= 0.6 is 0 Å². The molecule has 0 bridgehead atoms. The van der Waals surface area contributed by atoms with Crippen LogP contribution in [-0.4, -0.2) is 27.9 Å². The van der Waals surface area contributed by atoms with Crippen molar-refractivity contribution in [1.29, 1.82) is 0 Å². The summed E-state index contributed by atoms with van der Waals surface area (Å²) in [6, 6.07) is 19.6. The fourth-order valence-corrected chi connectivity index (χ4v) is 3.37. The van der Waals surface area contributed by atoms with E-state index in [-0.39, 0.29) is 5.75 Å². The maximum atomic E-state index is 12.4. The number of pyridine rings is 1. The Morgan fingerprint density at radius 3 is 2.30 bits per heavy atom. The van der Waals surface area contributed by atoms with E-state index >= 15 is 0 Å². The minimum Gasteiger partial charge on any atom is -0.406 e. The predicted octanol–water partition coefficient (Wildman–Crippen LogP) is 6.07. The third-order valence-electron chi connectivity index (χ3n) is 4.86. The molecule has 0 unspecified atom stereocenters. The molecule has 4 aromatic rings. The van der Waals surface area contributed by atoms with Gasteiger partial charge in [-0.25, -0.2) is 9.97 Å². The molecule has 0 spiro atoms. The van der Waals surface area contributed by atoms with Gasteiger partial charge in [0.25, 0.3) is 0 Å². The van der Waals surface area contributed by atoms with Crippen molar-refractivity contribution >= 4 is 5.82 Å². The van der Waals surface area contributed by atoms with E-state index in [4.69, 9.17) is 0 Å². The number of benzene rings is 2. The molecule has 0 radical (unpaired) electrons. The van der Waals surface area contributed by atoms with Crippen molar-refractivity contribution in [2.24, 2.45) is 0 Å².